The van der Waals surface area contributed by atoms with Crippen molar-refractivity contribution in [1.82, 2.24) is 9.13 Å². The number of aromatic nitrogens is 2. The molecule has 11 rings (SSSR count). The van der Waals surface area contributed by atoms with E-state index in [1.165, 1.54) is 95.3 Å². The van der Waals surface area contributed by atoms with E-state index in [1.807, 2.05) is 29.6 Å². The van der Waals surface area contributed by atoms with Crippen LogP contribution in [0.3, 0.4) is 0 Å². The van der Waals surface area contributed by atoms with Crippen LogP contribution in [-0.2, 0) is 0 Å². The Morgan fingerprint density at radius 1 is 0.431 bits per heavy atom. The molecule has 11 aromatic rings. The molecule has 0 saturated carbocycles. The molecule has 0 aliphatic carbocycles. The Balaban J connectivity index is 0.000000664. The van der Waals surface area contributed by atoms with E-state index in [9.17, 15) is 0 Å². The second-order valence-corrected chi connectivity index (χ2v) is 14.7. The van der Waals surface area contributed by atoms with Gasteiger partial charge in [0.2, 0.25) is 0 Å². The van der Waals surface area contributed by atoms with Crippen LogP contribution in [0.25, 0.3) is 95.3 Å². The van der Waals surface area contributed by atoms with Gasteiger partial charge in [-0.15, -0.1) is 42.4 Å². The van der Waals surface area contributed by atoms with Crippen molar-refractivity contribution in [1.29, 1.82) is 0 Å². The highest BCUT2D eigenvalue weighted by molar-refractivity contribution is 7.27. The predicted octanol–water partition coefficient (Wildman–Crippen LogP) is 14.6. The van der Waals surface area contributed by atoms with E-state index in [1.54, 1.807) is 6.08 Å². The van der Waals surface area contributed by atoms with Crippen molar-refractivity contribution in [2.24, 2.45) is 0 Å². The zero-order valence-corrected chi connectivity index (χ0v) is 29.9. The summed E-state index contributed by atoms with van der Waals surface area (Å²) < 4.78 is 10.3. The third kappa shape index (κ3) is 4.68. The summed E-state index contributed by atoms with van der Waals surface area (Å²) in [6, 6.07) is 53.9. The second kappa shape index (κ2) is 12.4. The van der Waals surface area contributed by atoms with E-state index in [2.05, 4.69) is 174 Å². The number of thiophene rings is 2. The van der Waals surface area contributed by atoms with Crippen LogP contribution >= 0.6 is 22.7 Å². The third-order valence-electron chi connectivity index (χ3n) is 9.71. The number of allylic oxidation sites excluding steroid dienone is 1. The van der Waals surface area contributed by atoms with Crippen molar-refractivity contribution in [3.8, 4) is 11.4 Å². The average molecular weight is 691 g/mol. The largest absolute Gasteiger partial charge is 0.309 e. The molecule has 51 heavy (non-hydrogen) atoms. The lowest BCUT2D eigenvalue weighted by atomic mass is 10.1. The fourth-order valence-corrected chi connectivity index (χ4v) is 10.1. The summed E-state index contributed by atoms with van der Waals surface area (Å²) >= 11 is 3.78. The average Bonchev–Trinajstić information content (AvgIpc) is 3.93. The van der Waals surface area contributed by atoms with E-state index in [-0.39, 0.29) is 0 Å². The first-order chi connectivity index (χ1) is 25.2. The summed E-state index contributed by atoms with van der Waals surface area (Å²) in [6.07, 6.45) is 1.75. The zero-order valence-electron chi connectivity index (χ0n) is 28.3. The maximum absolute atomic E-state index is 3.36. The van der Waals surface area contributed by atoms with Crippen LogP contribution in [0.4, 0.5) is 0 Å². The molecule has 0 saturated heterocycles. The molecule has 0 atom stereocenters. The lowest BCUT2D eigenvalue weighted by molar-refractivity contribution is 1.16. The summed E-state index contributed by atoms with van der Waals surface area (Å²) in [4.78, 5) is 0. The molecular formula is C47H34N2S2. The van der Waals surface area contributed by atoms with E-state index in [4.69, 9.17) is 0 Å². The molecular weight excluding hydrogens is 657 g/mol. The second-order valence-electron chi connectivity index (χ2n) is 12.5. The SMILES string of the molecule is C=C.C=CC.c1ccc2c(c1)sc1ccc(-n3c4cc(-n5c6ccccc6c6ccccc65)ccc4c4c5sc6ccccc6c5ccc43)cc12. The van der Waals surface area contributed by atoms with Crippen LogP contribution < -0.4 is 0 Å². The Hall–Kier alpha value is -5.94. The Morgan fingerprint density at radius 2 is 0.922 bits per heavy atom. The number of nitrogens with zero attached hydrogens (tertiary/aromatic N) is 2. The van der Waals surface area contributed by atoms with Gasteiger partial charge in [-0.1, -0.05) is 91.0 Å². The monoisotopic (exact) mass is 690 g/mol. The van der Waals surface area contributed by atoms with Gasteiger partial charge in [0.15, 0.2) is 0 Å². The fraction of sp³-hybridized carbons (Fsp3) is 0.0213. The van der Waals surface area contributed by atoms with Crippen LogP contribution in [-0.4, -0.2) is 9.13 Å². The van der Waals surface area contributed by atoms with Gasteiger partial charge in [0.1, 0.15) is 0 Å². The quantitative estimate of drug-likeness (QED) is 0.160. The lowest BCUT2D eigenvalue weighted by Gasteiger charge is -2.11. The number of rotatable bonds is 2. The molecule has 4 aromatic heterocycles. The summed E-state index contributed by atoms with van der Waals surface area (Å²) in [6.45, 7) is 11.2. The fourth-order valence-electron chi connectivity index (χ4n) is 7.74. The van der Waals surface area contributed by atoms with Crippen molar-refractivity contribution in [2.75, 3.05) is 0 Å². The molecule has 2 nitrogen and oxygen atoms in total. The Morgan fingerprint density at radius 3 is 1.61 bits per heavy atom. The highest BCUT2D eigenvalue weighted by Gasteiger charge is 2.20. The van der Waals surface area contributed by atoms with Gasteiger partial charge in [-0.3, -0.25) is 0 Å². The standard InChI is InChI=1S/C42H24N2S2.C3H6.C2H4/c1-5-13-34-27(9-1)28-10-2-6-14-35(28)43(34)26-17-19-32-37(24-26)44(25-18-22-40-33(23-25)30-12-4-7-15-38(30)45-40)36-21-20-31-29-11-3-8-16-39(29)46-42(31)41(32)36;1-3-2;1-2/h1-24H;3H,1H2,2H3;1-2H2. The molecule has 0 aliphatic rings. The summed E-state index contributed by atoms with van der Waals surface area (Å²) in [7, 11) is 0. The van der Waals surface area contributed by atoms with E-state index in [0.29, 0.717) is 0 Å². The van der Waals surface area contributed by atoms with Gasteiger partial charge >= 0.3 is 0 Å². The molecule has 4 heterocycles. The van der Waals surface area contributed by atoms with Crippen LogP contribution in [0.2, 0.25) is 0 Å². The Labute approximate surface area is 304 Å². The maximum Gasteiger partial charge on any atom is 0.0562 e. The van der Waals surface area contributed by atoms with Crippen LogP contribution in [0, 0.1) is 0 Å². The van der Waals surface area contributed by atoms with Crippen molar-refractivity contribution in [2.45, 2.75) is 6.92 Å². The predicted molar refractivity (Wildman–Crippen MR) is 228 cm³/mol. The molecule has 4 heteroatoms. The molecule has 244 valence electrons. The molecule has 0 amide bonds. The van der Waals surface area contributed by atoms with E-state index >= 15 is 0 Å². The van der Waals surface area contributed by atoms with Crippen molar-refractivity contribution in [3.63, 3.8) is 0 Å². The lowest BCUT2D eigenvalue weighted by Crippen LogP contribution is -1.97. The van der Waals surface area contributed by atoms with Crippen molar-refractivity contribution < 1.29 is 0 Å². The summed E-state index contributed by atoms with van der Waals surface area (Å²) in [5, 5.41) is 10.5. The number of para-hydroxylation sites is 2. The van der Waals surface area contributed by atoms with Crippen molar-refractivity contribution >= 4 is 107 Å². The van der Waals surface area contributed by atoms with Gasteiger partial charge < -0.3 is 9.13 Å². The third-order valence-corrected chi connectivity index (χ3v) is 12.1. The number of hydrogen-bond acceptors (Lipinski definition) is 2. The first-order valence-electron chi connectivity index (χ1n) is 17.1. The molecule has 0 fully saturated rings. The van der Waals surface area contributed by atoms with E-state index < -0.39 is 0 Å². The number of benzene rings is 7. The minimum Gasteiger partial charge on any atom is -0.309 e. The van der Waals surface area contributed by atoms with Gasteiger partial charge in [0, 0.05) is 73.3 Å². The van der Waals surface area contributed by atoms with Gasteiger partial charge in [-0.2, -0.15) is 0 Å². The molecule has 0 aliphatic heterocycles. The highest BCUT2D eigenvalue weighted by Crippen LogP contribution is 2.45. The molecule has 0 spiro atoms. The normalized spacial score (nSPS) is 11.5. The van der Waals surface area contributed by atoms with Gasteiger partial charge in [0.05, 0.1) is 22.1 Å². The molecule has 0 N–H and O–H groups in total. The number of fused-ring (bicyclic) bond motifs is 13. The minimum absolute atomic E-state index is 1.17. The van der Waals surface area contributed by atoms with Crippen LogP contribution in [0.15, 0.2) is 171 Å². The molecule has 0 bridgehead atoms. The topological polar surface area (TPSA) is 9.86 Å². The van der Waals surface area contributed by atoms with E-state index in [0.717, 1.165) is 0 Å². The Kier molecular flexibility index (Phi) is 7.57. The van der Waals surface area contributed by atoms with Crippen molar-refractivity contribution in [3.05, 3.63) is 171 Å². The minimum atomic E-state index is 1.17. The van der Waals surface area contributed by atoms with Crippen LogP contribution in [0.5, 0.6) is 0 Å². The summed E-state index contributed by atoms with van der Waals surface area (Å²) in [5.41, 5.74) is 7.28. The summed E-state index contributed by atoms with van der Waals surface area (Å²) in [5.74, 6) is 0. The van der Waals surface area contributed by atoms with Gasteiger partial charge in [-0.25, -0.2) is 0 Å². The van der Waals surface area contributed by atoms with Crippen LogP contribution in [0.1, 0.15) is 6.92 Å². The Bertz CT molecular complexity index is 3060. The molecule has 0 radical (unpaired) electrons. The van der Waals surface area contributed by atoms with Gasteiger partial charge in [-0.05, 0) is 67.6 Å². The first kappa shape index (κ1) is 31.1. The number of hydrogen-bond donors (Lipinski definition) is 0. The zero-order chi connectivity index (χ0) is 34.6. The first-order valence-corrected chi connectivity index (χ1v) is 18.7. The highest BCUT2D eigenvalue weighted by atomic mass is 32.1. The molecule has 0 unspecified atom stereocenters. The molecule has 7 aromatic carbocycles. The smallest absolute Gasteiger partial charge is 0.0562 e. The maximum atomic E-state index is 3.36. The van der Waals surface area contributed by atoms with Gasteiger partial charge in [0.25, 0.3) is 0 Å².